The summed E-state index contributed by atoms with van der Waals surface area (Å²) < 4.78 is 19.3. The SMILES string of the molecule is CC.CNCCc1[nH]c(-c2ccncc2C)c(Nc2cccc(F)c2OC)c1C=O. The Hall–Kier alpha value is -3.19. The molecule has 0 saturated carbocycles. The van der Waals surface area contributed by atoms with Crippen LogP contribution in [0.5, 0.6) is 5.75 Å². The van der Waals surface area contributed by atoms with E-state index in [0.29, 0.717) is 29.9 Å². The molecule has 0 fully saturated rings. The number of H-pyrrole nitrogens is 1. The fraction of sp³-hybridized carbons (Fsp3) is 0.304. The molecule has 0 saturated heterocycles. The summed E-state index contributed by atoms with van der Waals surface area (Å²) in [4.78, 5) is 19.5. The second kappa shape index (κ2) is 11.1. The number of rotatable bonds is 8. The van der Waals surface area contributed by atoms with E-state index in [9.17, 15) is 9.18 Å². The first-order chi connectivity index (χ1) is 14.6. The molecule has 0 bridgehead atoms. The number of hydrogen-bond donors (Lipinski definition) is 3. The van der Waals surface area contributed by atoms with Gasteiger partial charge in [-0.05, 0) is 37.7 Å². The molecule has 3 rings (SSSR count). The third kappa shape index (κ3) is 4.86. The van der Waals surface area contributed by atoms with E-state index in [2.05, 4.69) is 20.6 Å². The van der Waals surface area contributed by atoms with Gasteiger partial charge in [0.15, 0.2) is 17.9 Å². The maximum absolute atomic E-state index is 14.1. The van der Waals surface area contributed by atoms with Gasteiger partial charge in [-0.15, -0.1) is 0 Å². The molecule has 2 heterocycles. The van der Waals surface area contributed by atoms with Gasteiger partial charge >= 0.3 is 0 Å². The lowest BCUT2D eigenvalue weighted by Gasteiger charge is -2.14. The molecule has 0 unspecified atom stereocenters. The van der Waals surface area contributed by atoms with Crippen molar-refractivity contribution in [3.63, 3.8) is 0 Å². The van der Waals surface area contributed by atoms with Crippen molar-refractivity contribution in [2.24, 2.45) is 0 Å². The van der Waals surface area contributed by atoms with Crippen molar-refractivity contribution in [3.8, 4) is 17.0 Å². The van der Waals surface area contributed by atoms with Crippen LogP contribution in [0, 0.1) is 12.7 Å². The van der Waals surface area contributed by atoms with Crippen LogP contribution in [-0.2, 0) is 6.42 Å². The Balaban J connectivity index is 0.00000155. The second-order valence-electron chi connectivity index (χ2n) is 6.37. The molecule has 3 aromatic rings. The lowest BCUT2D eigenvalue weighted by atomic mass is 10.1. The summed E-state index contributed by atoms with van der Waals surface area (Å²) in [5.74, 6) is -0.387. The first-order valence-corrected chi connectivity index (χ1v) is 9.95. The van der Waals surface area contributed by atoms with Gasteiger partial charge in [-0.1, -0.05) is 19.9 Å². The number of aldehydes is 1. The predicted molar refractivity (Wildman–Crippen MR) is 119 cm³/mol. The molecule has 0 spiro atoms. The van der Waals surface area contributed by atoms with E-state index in [-0.39, 0.29) is 5.75 Å². The third-order valence-corrected chi connectivity index (χ3v) is 4.58. The van der Waals surface area contributed by atoms with Crippen LogP contribution in [0.1, 0.15) is 35.5 Å². The smallest absolute Gasteiger partial charge is 0.177 e. The van der Waals surface area contributed by atoms with Crippen molar-refractivity contribution in [1.82, 2.24) is 15.3 Å². The zero-order chi connectivity index (χ0) is 22.1. The Kier molecular flexibility index (Phi) is 8.55. The standard InChI is InChI=1S/C21H23FN4O2.C2H6/c1-13-11-24-10-7-14(13)19-20(15(12-27)17(25-19)8-9-23-2)26-18-6-4-5-16(22)21(18)28-3;1-2/h4-7,10-12,23,25-26H,8-9H2,1-3H3;1-2H3. The maximum atomic E-state index is 14.1. The number of nitrogens with one attached hydrogen (secondary N) is 3. The largest absolute Gasteiger partial charge is 0.492 e. The summed E-state index contributed by atoms with van der Waals surface area (Å²) in [6.07, 6.45) is 4.92. The van der Waals surface area contributed by atoms with Gasteiger partial charge in [-0.3, -0.25) is 9.78 Å². The fourth-order valence-corrected chi connectivity index (χ4v) is 3.18. The van der Waals surface area contributed by atoms with Crippen molar-refractivity contribution in [3.05, 3.63) is 59.3 Å². The van der Waals surface area contributed by atoms with Crippen molar-refractivity contribution >= 4 is 17.7 Å². The van der Waals surface area contributed by atoms with E-state index < -0.39 is 5.82 Å². The summed E-state index contributed by atoms with van der Waals surface area (Å²) in [6, 6.07) is 6.51. The number of methoxy groups -OCH3 is 1. The molecule has 30 heavy (non-hydrogen) atoms. The molecule has 6 nitrogen and oxygen atoms in total. The van der Waals surface area contributed by atoms with Gasteiger partial charge in [-0.2, -0.15) is 0 Å². The number of aromatic amines is 1. The van der Waals surface area contributed by atoms with Crippen LogP contribution >= 0.6 is 0 Å². The number of likely N-dealkylation sites (N-methyl/N-ethyl adjacent to an activating group) is 1. The lowest BCUT2D eigenvalue weighted by Crippen LogP contribution is -2.11. The number of para-hydroxylation sites is 1. The summed E-state index contributed by atoms with van der Waals surface area (Å²) in [6.45, 7) is 6.66. The molecule has 0 atom stereocenters. The van der Waals surface area contributed by atoms with Gasteiger partial charge in [0.25, 0.3) is 0 Å². The molecule has 1 aromatic carbocycles. The first-order valence-electron chi connectivity index (χ1n) is 9.95. The van der Waals surface area contributed by atoms with Crippen LogP contribution in [0.15, 0.2) is 36.7 Å². The number of nitrogens with zero attached hydrogens (tertiary/aromatic N) is 1. The minimum absolute atomic E-state index is 0.0923. The molecule has 0 aliphatic carbocycles. The highest BCUT2D eigenvalue weighted by Crippen LogP contribution is 2.38. The van der Waals surface area contributed by atoms with Crippen LogP contribution in [0.2, 0.25) is 0 Å². The van der Waals surface area contributed by atoms with Crippen LogP contribution in [0.3, 0.4) is 0 Å². The number of anilines is 2. The number of aromatic nitrogens is 2. The molecule has 0 aliphatic heterocycles. The van der Waals surface area contributed by atoms with Crippen molar-refractivity contribution < 1.29 is 13.9 Å². The number of pyridine rings is 1. The normalized spacial score (nSPS) is 10.2. The Labute approximate surface area is 176 Å². The van der Waals surface area contributed by atoms with E-state index >= 15 is 0 Å². The summed E-state index contributed by atoms with van der Waals surface area (Å²) in [5.41, 5.74) is 4.94. The summed E-state index contributed by atoms with van der Waals surface area (Å²) in [5, 5.41) is 6.29. The van der Waals surface area contributed by atoms with E-state index in [1.807, 2.05) is 33.9 Å². The van der Waals surface area contributed by atoms with Gasteiger partial charge in [0, 0.05) is 36.6 Å². The molecule has 3 N–H and O–H groups in total. The Morgan fingerprint density at radius 1 is 1.27 bits per heavy atom. The number of aryl methyl sites for hydroxylation is 1. The Morgan fingerprint density at radius 2 is 2.03 bits per heavy atom. The van der Waals surface area contributed by atoms with E-state index in [1.54, 1.807) is 24.5 Å². The summed E-state index contributed by atoms with van der Waals surface area (Å²) in [7, 11) is 3.27. The van der Waals surface area contributed by atoms with E-state index in [0.717, 1.165) is 28.8 Å². The minimum atomic E-state index is -0.479. The number of benzene rings is 1. The van der Waals surface area contributed by atoms with Gasteiger partial charge in [0.1, 0.15) is 0 Å². The van der Waals surface area contributed by atoms with Crippen molar-refractivity contribution in [2.45, 2.75) is 27.2 Å². The summed E-state index contributed by atoms with van der Waals surface area (Å²) >= 11 is 0. The number of ether oxygens (including phenoxy) is 1. The van der Waals surface area contributed by atoms with Gasteiger partial charge in [-0.25, -0.2) is 4.39 Å². The topological polar surface area (TPSA) is 79.0 Å². The Morgan fingerprint density at radius 3 is 2.67 bits per heavy atom. The molecule has 160 valence electrons. The minimum Gasteiger partial charge on any atom is -0.492 e. The van der Waals surface area contributed by atoms with Crippen LogP contribution < -0.4 is 15.4 Å². The maximum Gasteiger partial charge on any atom is 0.177 e. The highest BCUT2D eigenvalue weighted by Gasteiger charge is 2.21. The van der Waals surface area contributed by atoms with E-state index in [1.165, 1.54) is 13.2 Å². The number of halogens is 1. The van der Waals surface area contributed by atoms with Crippen LogP contribution in [0.4, 0.5) is 15.8 Å². The highest BCUT2D eigenvalue weighted by atomic mass is 19.1. The molecular formula is C23H29FN4O2. The zero-order valence-corrected chi connectivity index (χ0v) is 18.1. The van der Waals surface area contributed by atoms with Crippen molar-refractivity contribution in [1.29, 1.82) is 0 Å². The molecule has 7 heteroatoms. The third-order valence-electron chi connectivity index (χ3n) is 4.58. The first kappa shape index (κ1) is 23.1. The van der Waals surface area contributed by atoms with Crippen LogP contribution in [-0.4, -0.2) is 37.0 Å². The number of carbonyl (C=O) groups excluding carboxylic acids is 1. The second-order valence-corrected chi connectivity index (χ2v) is 6.37. The number of hydrogen-bond acceptors (Lipinski definition) is 5. The molecule has 0 aliphatic rings. The van der Waals surface area contributed by atoms with E-state index in [4.69, 9.17) is 4.74 Å². The quantitative estimate of drug-likeness (QED) is 0.460. The number of carbonyl (C=O) groups is 1. The highest BCUT2D eigenvalue weighted by molar-refractivity contribution is 5.96. The molecule has 0 radical (unpaired) electrons. The average Bonchev–Trinajstić information content (AvgIpc) is 3.11. The average molecular weight is 413 g/mol. The molecular weight excluding hydrogens is 383 g/mol. The van der Waals surface area contributed by atoms with Crippen LogP contribution in [0.25, 0.3) is 11.3 Å². The van der Waals surface area contributed by atoms with Gasteiger partial charge < -0.3 is 20.4 Å². The fourth-order valence-electron chi connectivity index (χ4n) is 3.18. The monoisotopic (exact) mass is 412 g/mol. The lowest BCUT2D eigenvalue weighted by molar-refractivity contribution is 0.112. The molecule has 2 aromatic heterocycles. The Bertz CT molecular complexity index is 985. The van der Waals surface area contributed by atoms with Gasteiger partial charge in [0.05, 0.1) is 29.7 Å². The predicted octanol–water partition coefficient (Wildman–Crippen LogP) is 4.88. The van der Waals surface area contributed by atoms with Gasteiger partial charge in [0.2, 0.25) is 0 Å². The van der Waals surface area contributed by atoms with Crippen molar-refractivity contribution in [2.75, 3.05) is 26.0 Å². The molecule has 0 amide bonds. The zero-order valence-electron chi connectivity index (χ0n) is 18.1.